The van der Waals surface area contributed by atoms with Gasteiger partial charge in [-0.1, -0.05) is 44.2 Å². The van der Waals surface area contributed by atoms with Crippen LogP contribution in [0.2, 0.25) is 0 Å². The van der Waals surface area contributed by atoms with Gasteiger partial charge in [0.05, 0.1) is 29.9 Å². The van der Waals surface area contributed by atoms with Crippen LogP contribution in [0.25, 0.3) is 0 Å². The first-order valence-corrected chi connectivity index (χ1v) is 12.1. The van der Waals surface area contributed by atoms with Gasteiger partial charge in [0.15, 0.2) is 0 Å². The molecular weight excluding hydrogens is 461 g/mol. The molecule has 0 fully saturated rings. The lowest BCUT2D eigenvalue weighted by Gasteiger charge is -2.33. The Labute approximate surface area is 197 Å². The molecule has 0 saturated heterocycles. The van der Waals surface area contributed by atoms with Crippen molar-refractivity contribution in [3.05, 3.63) is 84.6 Å². The van der Waals surface area contributed by atoms with Gasteiger partial charge in [-0.05, 0) is 42.3 Å². The van der Waals surface area contributed by atoms with E-state index in [0.29, 0.717) is 5.76 Å². The maximum absolute atomic E-state index is 14.8. The molecule has 10 heteroatoms. The van der Waals surface area contributed by atoms with Crippen molar-refractivity contribution in [2.75, 3.05) is 11.4 Å². The van der Waals surface area contributed by atoms with Crippen molar-refractivity contribution in [3.63, 3.8) is 0 Å². The lowest BCUT2D eigenvalue weighted by Crippen LogP contribution is -2.55. The third kappa shape index (κ3) is 6.09. The monoisotopic (exact) mass is 487 g/mol. The molecule has 1 atom stereocenters. The van der Waals surface area contributed by atoms with Gasteiger partial charge in [0.2, 0.25) is 21.8 Å². The Morgan fingerprint density at radius 1 is 1.00 bits per heavy atom. The van der Waals surface area contributed by atoms with E-state index in [1.54, 1.807) is 44.2 Å². The molecule has 0 spiro atoms. The van der Waals surface area contributed by atoms with Crippen LogP contribution < -0.4 is 14.9 Å². The van der Waals surface area contributed by atoms with Crippen molar-refractivity contribution < 1.29 is 26.8 Å². The number of furan rings is 1. The van der Waals surface area contributed by atoms with Crippen LogP contribution in [0.3, 0.4) is 0 Å². The van der Waals surface area contributed by atoms with E-state index >= 15 is 0 Å². The van der Waals surface area contributed by atoms with Gasteiger partial charge in [0.25, 0.3) is 0 Å². The summed E-state index contributed by atoms with van der Waals surface area (Å²) >= 11 is 0. The molecule has 180 valence electrons. The Morgan fingerprint density at radius 3 is 2.29 bits per heavy atom. The van der Waals surface area contributed by atoms with Gasteiger partial charge in [-0.2, -0.15) is 0 Å². The highest BCUT2D eigenvalue weighted by atomic mass is 32.2. The van der Waals surface area contributed by atoms with Crippen LogP contribution in [0.4, 0.5) is 10.1 Å². The van der Waals surface area contributed by atoms with E-state index in [0.717, 1.165) is 4.90 Å². The minimum absolute atomic E-state index is 0.0168. The molecule has 0 unspecified atom stereocenters. The molecule has 3 aromatic rings. The van der Waals surface area contributed by atoms with Crippen LogP contribution in [-0.4, -0.2) is 32.8 Å². The van der Waals surface area contributed by atoms with Gasteiger partial charge in [-0.25, -0.2) is 17.5 Å². The van der Waals surface area contributed by atoms with Crippen molar-refractivity contribution in [3.8, 4) is 0 Å². The average molecular weight is 488 g/mol. The summed E-state index contributed by atoms with van der Waals surface area (Å²) in [5.74, 6) is -1.95. The van der Waals surface area contributed by atoms with Gasteiger partial charge >= 0.3 is 0 Å². The van der Waals surface area contributed by atoms with Crippen molar-refractivity contribution in [1.29, 1.82) is 0 Å². The van der Waals surface area contributed by atoms with Crippen molar-refractivity contribution in [2.24, 2.45) is 5.92 Å². The fraction of sp³-hybridized carbons (Fsp3) is 0.250. The van der Waals surface area contributed by atoms with Crippen LogP contribution >= 0.6 is 0 Å². The maximum atomic E-state index is 14.8. The topological polar surface area (TPSA) is 109 Å². The second-order valence-electron chi connectivity index (χ2n) is 7.84. The number of hydrogen-bond donors (Lipinski definition) is 2. The highest BCUT2D eigenvalue weighted by molar-refractivity contribution is 7.89. The summed E-state index contributed by atoms with van der Waals surface area (Å²) in [4.78, 5) is 27.4. The van der Waals surface area contributed by atoms with Crippen LogP contribution in [0.5, 0.6) is 0 Å². The molecule has 0 bridgehead atoms. The predicted octanol–water partition coefficient (Wildman–Crippen LogP) is 3.07. The van der Waals surface area contributed by atoms with Gasteiger partial charge in [-0.15, -0.1) is 0 Å². The lowest BCUT2D eigenvalue weighted by atomic mass is 10.00. The number of rotatable bonds is 10. The predicted molar refractivity (Wildman–Crippen MR) is 125 cm³/mol. The lowest BCUT2D eigenvalue weighted by molar-refractivity contribution is -0.127. The summed E-state index contributed by atoms with van der Waals surface area (Å²) in [5, 5.41) is 2.70. The molecule has 0 aliphatic rings. The first kappa shape index (κ1) is 25.1. The molecule has 0 saturated carbocycles. The first-order valence-electron chi connectivity index (χ1n) is 10.6. The van der Waals surface area contributed by atoms with Gasteiger partial charge < -0.3 is 9.73 Å². The fourth-order valence-electron chi connectivity index (χ4n) is 3.42. The number of halogens is 1. The van der Waals surface area contributed by atoms with Crippen molar-refractivity contribution in [2.45, 2.75) is 31.3 Å². The van der Waals surface area contributed by atoms with E-state index in [9.17, 15) is 22.4 Å². The molecule has 1 heterocycles. The Bertz CT molecular complexity index is 1210. The highest BCUT2D eigenvalue weighted by Gasteiger charge is 2.35. The van der Waals surface area contributed by atoms with E-state index < -0.39 is 46.2 Å². The third-order valence-corrected chi connectivity index (χ3v) is 6.46. The number of hydrogen-bond acceptors (Lipinski definition) is 5. The molecule has 2 aromatic carbocycles. The van der Waals surface area contributed by atoms with Crippen molar-refractivity contribution >= 4 is 27.5 Å². The number of anilines is 1. The third-order valence-electron chi connectivity index (χ3n) is 5.04. The standard InChI is InChI=1S/C24H26FN3O5S/c1-17(2)23(24(30)26-15-18-9-8-14-33-18)28(21-13-7-6-12-20(21)25)22(29)16-27-34(31,32)19-10-4-3-5-11-19/h3-14,17,23,27H,15-16H2,1-2H3,(H,26,30)/t23-/m1/s1. The van der Waals surface area contributed by atoms with E-state index in [4.69, 9.17) is 4.42 Å². The molecule has 34 heavy (non-hydrogen) atoms. The van der Waals surface area contributed by atoms with Crippen LogP contribution in [0.1, 0.15) is 19.6 Å². The summed E-state index contributed by atoms with van der Waals surface area (Å²) < 4.78 is 47.4. The van der Waals surface area contributed by atoms with Gasteiger partial charge in [-0.3, -0.25) is 14.5 Å². The zero-order chi connectivity index (χ0) is 24.7. The van der Waals surface area contributed by atoms with Crippen molar-refractivity contribution in [1.82, 2.24) is 10.0 Å². The Balaban J connectivity index is 1.88. The number of carbonyl (C=O) groups excluding carboxylic acids is 2. The number of para-hydroxylation sites is 1. The Morgan fingerprint density at radius 2 is 1.68 bits per heavy atom. The SMILES string of the molecule is CC(C)[C@H](C(=O)NCc1ccco1)N(C(=O)CNS(=O)(=O)c1ccccc1)c1ccccc1F. The second kappa shape index (κ2) is 11.1. The molecule has 0 aliphatic heterocycles. The number of benzene rings is 2. The minimum Gasteiger partial charge on any atom is -0.467 e. The number of carbonyl (C=O) groups is 2. The summed E-state index contributed by atoms with van der Waals surface area (Å²) in [6, 6.07) is 15.3. The number of nitrogens with one attached hydrogen (secondary N) is 2. The summed E-state index contributed by atoms with van der Waals surface area (Å²) in [5.41, 5.74) is -0.127. The first-order chi connectivity index (χ1) is 16.2. The molecule has 0 radical (unpaired) electrons. The smallest absolute Gasteiger partial charge is 0.243 e. The largest absolute Gasteiger partial charge is 0.467 e. The normalized spacial score (nSPS) is 12.4. The van der Waals surface area contributed by atoms with Crippen LogP contribution in [-0.2, 0) is 26.2 Å². The van der Waals surface area contributed by atoms with E-state index in [2.05, 4.69) is 10.0 Å². The second-order valence-corrected chi connectivity index (χ2v) is 9.61. The fourth-order valence-corrected chi connectivity index (χ4v) is 4.42. The van der Waals surface area contributed by atoms with Crippen LogP contribution in [0, 0.1) is 11.7 Å². The van der Waals surface area contributed by atoms with Crippen LogP contribution in [0.15, 0.2) is 82.3 Å². The number of amides is 2. The molecular formula is C24H26FN3O5S. The number of nitrogens with zero attached hydrogens (tertiary/aromatic N) is 1. The summed E-state index contributed by atoms with van der Waals surface area (Å²) in [7, 11) is -3.99. The highest BCUT2D eigenvalue weighted by Crippen LogP contribution is 2.25. The molecule has 2 amide bonds. The number of sulfonamides is 1. The summed E-state index contributed by atoms with van der Waals surface area (Å²) in [6.07, 6.45) is 1.47. The Kier molecular flexibility index (Phi) is 8.19. The molecule has 1 aromatic heterocycles. The zero-order valence-corrected chi connectivity index (χ0v) is 19.6. The molecule has 0 aliphatic carbocycles. The molecule has 2 N–H and O–H groups in total. The minimum atomic E-state index is -3.99. The average Bonchev–Trinajstić information content (AvgIpc) is 3.34. The van der Waals surface area contributed by atoms with E-state index in [-0.39, 0.29) is 17.1 Å². The van der Waals surface area contributed by atoms with Gasteiger partial charge in [0.1, 0.15) is 17.6 Å². The van der Waals surface area contributed by atoms with E-state index in [1.807, 2.05) is 0 Å². The summed E-state index contributed by atoms with van der Waals surface area (Å²) in [6.45, 7) is 2.84. The molecule has 8 nitrogen and oxygen atoms in total. The van der Waals surface area contributed by atoms with E-state index in [1.165, 1.54) is 42.7 Å². The maximum Gasteiger partial charge on any atom is 0.243 e. The molecule has 3 rings (SSSR count). The van der Waals surface area contributed by atoms with Gasteiger partial charge in [0, 0.05) is 0 Å². The Hall–Kier alpha value is -3.50. The quantitative estimate of drug-likeness (QED) is 0.457. The zero-order valence-electron chi connectivity index (χ0n) is 18.8.